The molecule has 0 fully saturated rings. The summed E-state index contributed by atoms with van der Waals surface area (Å²) >= 11 is 1.64. The van der Waals surface area contributed by atoms with Crippen molar-refractivity contribution in [3.63, 3.8) is 0 Å². The smallest absolute Gasteiger partial charge is 0.125 e. The maximum absolute atomic E-state index is 10.8. The summed E-state index contributed by atoms with van der Waals surface area (Å²) in [7, 11) is 1.64. The highest BCUT2D eigenvalue weighted by Crippen LogP contribution is 2.37. The van der Waals surface area contributed by atoms with Gasteiger partial charge in [-0.05, 0) is 48.9 Å². The lowest BCUT2D eigenvalue weighted by Gasteiger charge is -2.20. The molecule has 0 saturated heterocycles. The minimum atomic E-state index is -0.672. The standard InChI is InChI=1S/C17H20O2S/c1-11-9-12(2)16(14(10-11)19-3)17(18)13-7-5-6-8-15(13)20-4/h5-10,17-18H,1-4H3. The van der Waals surface area contributed by atoms with Gasteiger partial charge in [0.1, 0.15) is 11.9 Å². The van der Waals surface area contributed by atoms with Crippen molar-refractivity contribution in [2.75, 3.05) is 13.4 Å². The maximum Gasteiger partial charge on any atom is 0.125 e. The van der Waals surface area contributed by atoms with Crippen LogP contribution in [0.2, 0.25) is 0 Å². The maximum atomic E-state index is 10.8. The molecule has 0 saturated carbocycles. The molecule has 0 heterocycles. The number of rotatable bonds is 4. The van der Waals surface area contributed by atoms with E-state index in [2.05, 4.69) is 6.07 Å². The highest BCUT2D eigenvalue weighted by molar-refractivity contribution is 7.98. The van der Waals surface area contributed by atoms with Crippen LogP contribution in [0.1, 0.15) is 28.4 Å². The van der Waals surface area contributed by atoms with Crippen molar-refractivity contribution < 1.29 is 9.84 Å². The van der Waals surface area contributed by atoms with E-state index in [0.717, 1.165) is 32.9 Å². The Morgan fingerprint density at radius 3 is 2.50 bits per heavy atom. The second-order valence-electron chi connectivity index (χ2n) is 4.84. The van der Waals surface area contributed by atoms with Crippen molar-refractivity contribution in [3.05, 3.63) is 58.7 Å². The molecule has 20 heavy (non-hydrogen) atoms. The Morgan fingerprint density at radius 1 is 1.15 bits per heavy atom. The second kappa shape index (κ2) is 6.33. The number of methoxy groups -OCH3 is 1. The van der Waals surface area contributed by atoms with Crippen molar-refractivity contribution in [2.24, 2.45) is 0 Å². The van der Waals surface area contributed by atoms with Crippen LogP contribution in [-0.2, 0) is 0 Å². The van der Waals surface area contributed by atoms with Gasteiger partial charge in [-0.2, -0.15) is 0 Å². The summed E-state index contributed by atoms with van der Waals surface area (Å²) in [5, 5.41) is 10.8. The third-order valence-corrected chi connectivity index (χ3v) is 4.23. The molecule has 0 bridgehead atoms. The lowest BCUT2D eigenvalue weighted by atomic mass is 9.95. The molecule has 2 nitrogen and oxygen atoms in total. The Kier molecular flexibility index (Phi) is 4.73. The first-order valence-corrected chi connectivity index (χ1v) is 7.77. The zero-order valence-corrected chi connectivity index (χ0v) is 13.1. The number of thioether (sulfide) groups is 1. The van der Waals surface area contributed by atoms with E-state index in [4.69, 9.17) is 4.74 Å². The summed E-state index contributed by atoms with van der Waals surface area (Å²) in [5.41, 5.74) is 3.95. The SMILES string of the molecule is COc1cc(C)cc(C)c1C(O)c1ccccc1SC. The Labute approximate surface area is 124 Å². The van der Waals surface area contributed by atoms with E-state index in [-0.39, 0.29) is 0 Å². The van der Waals surface area contributed by atoms with Crippen LogP contribution in [0.5, 0.6) is 5.75 Å². The first kappa shape index (κ1) is 14.9. The van der Waals surface area contributed by atoms with Crippen LogP contribution < -0.4 is 4.74 Å². The van der Waals surface area contributed by atoms with Gasteiger partial charge in [0.25, 0.3) is 0 Å². The predicted octanol–water partition coefficient (Wildman–Crippen LogP) is 4.12. The molecule has 1 atom stereocenters. The average molecular weight is 288 g/mol. The van der Waals surface area contributed by atoms with Crippen LogP contribution in [0.25, 0.3) is 0 Å². The minimum absolute atomic E-state index is 0.672. The summed E-state index contributed by atoms with van der Waals surface area (Å²) in [4.78, 5) is 1.09. The Morgan fingerprint density at radius 2 is 1.85 bits per heavy atom. The first-order valence-electron chi connectivity index (χ1n) is 6.54. The summed E-state index contributed by atoms with van der Waals surface area (Å²) in [6.07, 6.45) is 1.35. The van der Waals surface area contributed by atoms with Gasteiger partial charge >= 0.3 is 0 Å². The largest absolute Gasteiger partial charge is 0.496 e. The molecule has 1 N–H and O–H groups in total. The van der Waals surface area contributed by atoms with Crippen LogP contribution in [0.3, 0.4) is 0 Å². The van der Waals surface area contributed by atoms with Crippen LogP contribution in [0.4, 0.5) is 0 Å². The summed E-state index contributed by atoms with van der Waals surface area (Å²) in [6.45, 7) is 4.04. The Hall–Kier alpha value is -1.45. The molecule has 2 rings (SSSR count). The van der Waals surface area contributed by atoms with Crippen LogP contribution in [0, 0.1) is 13.8 Å². The van der Waals surface area contributed by atoms with Crippen LogP contribution in [0.15, 0.2) is 41.3 Å². The molecule has 0 aliphatic rings. The Balaban J connectivity index is 2.56. The third-order valence-electron chi connectivity index (χ3n) is 3.42. The van der Waals surface area contributed by atoms with E-state index in [1.807, 2.05) is 50.4 Å². The third kappa shape index (κ3) is 2.84. The van der Waals surface area contributed by atoms with Crippen molar-refractivity contribution in [2.45, 2.75) is 24.8 Å². The lowest BCUT2D eigenvalue weighted by molar-refractivity contribution is 0.211. The second-order valence-corrected chi connectivity index (χ2v) is 5.69. The number of aliphatic hydroxyl groups excluding tert-OH is 1. The lowest BCUT2D eigenvalue weighted by Crippen LogP contribution is -2.06. The monoisotopic (exact) mass is 288 g/mol. The normalized spacial score (nSPS) is 12.2. The van der Waals surface area contributed by atoms with E-state index >= 15 is 0 Å². The number of hydrogen-bond acceptors (Lipinski definition) is 3. The molecule has 3 heteroatoms. The molecule has 106 valence electrons. The molecule has 1 unspecified atom stereocenters. The molecular weight excluding hydrogens is 268 g/mol. The highest BCUT2D eigenvalue weighted by atomic mass is 32.2. The number of hydrogen-bond donors (Lipinski definition) is 1. The quantitative estimate of drug-likeness (QED) is 0.858. The summed E-state index contributed by atoms with van der Waals surface area (Å²) in [5.74, 6) is 0.742. The predicted molar refractivity (Wildman–Crippen MR) is 84.8 cm³/mol. The van der Waals surface area contributed by atoms with Gasteiger partial charge in [-0.15, -0.1) is 11.8 Å². The van der Waals surface area contributed by atoms with E-state index in [1.54, 1.807) is 18.9 Å². The summed E-state index contributed by atoms with van der Waals surface area (Å²) in [6, 6.07) is 12.0. The van der Waals surface area contributed by atoms with Crippen molar-refractivity contribution in [1.82, 2.24) is 0 Å². The van der Waals surface area contributed by atoms with E-state index in [0.29, 0.717) is 0 Å². The number of aliphatic hydroxyl groups is 1. The zero-order valence-electron chi connectivity index (χ0n) is 12.3. The molecular formula is C17H20O2S. The van der Waals surface area contributed by atoms with E-state index < -0.39 is 6.10 Å². The first-order chi connectivity index (χ1) is 9.58. The van der Waals surface area contributed by atoms with E-state index in [1.165, 1.54) is 0 Å². The van der Waals surface area contributed by atoms with E-state index in [9.17, 15) is 5.11 Å². The van der Waals surface area contributed by atoms with Gasteiger partial charge in [0.2, 0.25) is 0 Å². The molecule has 0 aliphatic heterocycles. The molecule has 0 aliphatic carbocycles. The van der Waals surface area contributed by atoms with Gasteiger partial charge in [0.15, 0.2) is 0 Å². The molecule has 2 aromatic carbocycles. The highest BCUT2D eigenvalue weighted by Gasteiger charge is 2.20. The number of ether oxygens (including phenoxy) is 1. The fourth-order valence-electron chi connectivity index (χ4n) is 2.51. The van der Waals surface area contributed by atoms with Crippen LogP contribution >= 0.6 is 11.8 Å². The molecule has 0 spiro atoms. The minimum Gasteiger partial charge on any atom is -0.496 e. The molecule has 0 radical (unpaired) electrons. The van der Waals surface area contributed by atoms with Crippen molar-refractivity contribution in [3.8, 4) is 5.75 Å². The molecule has 0 aromatic heterocycles. The zero-order chi connectivity index (χ0) is 14.7. The number of benzene rings is 2. The van der Waals surface area contributed by atoms with Gasteiger partial charge < -0.3 is 9.84 Å². The fourth-order valence-corrected chi connectivity index (χ4v) is 3.14. The van der Waals surface area contributed by atoms with Crippen LogP contribution in [-0.4, -0.2) is 18.5 Å². The van der Waals surface area contributed by atoms with Crippen molar-refractivity contribution >= 4 is 11.8 Å². The molecule has 2 aromatic rings. The van der Waals surface area contributed by atoms with Gasteiger partial charge in [-0.1, -0.05) is 24.3 Å². The van der Waals surface area contributed by atoms with Crippen molar-refractivity contribution in [1.29, 1.82) is 0 Å². The Bertz CT molecular complexity index is 608. The van der Waals surface area contributed by atoms with Gasteiger partial charge in [0.05, 0.1) is 7.11 Å². The van der Waals surface area contributed by atoms with Gasteiger partial charge in [-0.3, -0.25) is 0 Å². The number of aryl methyl sites for hydroxylation is 2. The molecule has 0 amide bonds. The summed E-state index contributed by atoms with van der Waals surface area (Å²) < 4.78 is 5.46. The fraction of sp³-hybridized carbons (Fsp3) is 0.294. The van der Waals surface area contributed by atoms with Gasteiger partial charge in [-0.25, -0.2) is 0 Å². The topological polar surface area (TPSA) is 29.5 Å². The average Bonchev–Trinajstić information content (AvgIpc) is 2.45. The van der Waals surface area contributed by atoms with Gasteiger partial charge in [0, 0.05) is 10.5 Å².